The smallest absolute Gasteiger partial charge is 0.161 e. The lowest BCUT2D eigenvalue weighted by Crippen LogP contribution is -2.15. The highest BCUT2D eigenvalue weighted by Crippen LogP contribution is 2.27. The molecule has 0 N–H and O–H groups in total. The van der Waals surface area contributed by atoms with Crippen LogP contribution in [0.3, 0.4) is 0 Å². The van der Waals surface area contributed by atoms with E-state index in [4.69, 9.17) is 15.1 Å². The minimum Gasteiger partial charge on any atom is -0.254 e. The molecule has 172 valence electrons. The highest BCUT2D eigenvalue weighted by Gasteiger charge is 2.16. The molecule has 4 nitrogen and oxygen atoms in total. The predicted molar refractivity (Wildman–Crippen MR) is 147 cm³/mol. The number of aliphatic imine (C=N–C) groups is 2. The minimum atomic E-state index is 0.783. The van der Waals surface area contributed by atoms with Crippen molar-refractivity contribution in [3.63, 3.8) is 0 Å². The molecule has 4 aromatic carbocycles. The summed E-state index contributed by atoms with van der Waals surface area (Å²) < 4.78 is 1.95. The van der Waals surface area contributed by atoms with E-state index < -0.39 is 0 Å². The highest BCUT2D eigenvalue weighted by molar-refractivity contribution is 6.08. The standard InChI is InChI=1S/C31H28N4/c1-21-12-10-13-22(2)29(21)32-20-27-26-18-8-9-19-28(26)35(34-27)31(25-16-6-5-7-17-25)33-30-23(3)14-11-15-24(30)4/h5-20H,1-4H3. The molecule has 1 heterocycles. The van der Waals surface area contributed by atoms with Gasteiger partial charge in [-0.05, 0) is 56.0 Å². The molecule has 0 unspecified atom stereocenters. The monoisotopic (exact) mass is 456 g/mol. The van der Waals surface area contributed by atoms with E-state index in [2.05, 4.69) is 88.4 Å². The first kappa shape index (κ1) is 22.5. The third-order valence-electron chi connectivity index (χ3n) is 6.26. The van der Waals surface area contributed by atoms with E-state index in [1.54, 1.807) is 0 Å². The van der Waals surface area contributed by atoms with Crippen molar-refractivity contribution in [1.29, 1.82) is 0 Å². The molecule has 35 heavy (non-hydrogen) atoms. The third-order valence-corrected chi connectivity index (χ3v) is 6.26. The van der Waals surface area contributed by atoms with Crippen molar-refractivity contribution in [1.82, 2.24) is 9.78 Å². The van der Waals surface area contributed by atoms with Gasteiger partial charge in [-0.3, -0.25) is 4.99 Å². The zero-order valence-electron chi connectivity index (χ0n) is 20.5. The van der Waals surface area contributed by atoms with E-state index in [0.29, 0.717) is 0 Å². The second kappa shape index (κ2) is 9.51. The Morgan fingerprint density at radius 1 is 0.657 bits per heavy atom. The van der Waals surface area contributed by atoms with Crippen molar-refractivity contribution in [2.45, 2.75) is 27.7 Å². The normalized spacial score (nSPS) is 12.1. The summed E-state index contributed by atoms with van der Waals surface area (Å²) in [5.41, 5.74) is 9.31. The minimum absolute atomic E-state index is 0.783. The van der Waals surface area contributed by atoms with E-state index in [9.17, 15) is 0 Å². The fourth-order valence-electron chi connectivity index (χ4n) is 4.39. The summed E-state index contributed by atoms with van der Waals surface area (Å²) in [4.78, 5) is 10.0. The second-order valence-corrected chi connectivity index (χ2v) is 8.85. The lowest BCUT2D eigenvalue weighted by atomic mass is 10.1. The molecule has 0 bridgehead atoms. The van der Waals surface area contributed by atoms with E-state index in [1.807, 2.05) is 41.2 Å². The van der Waals surface area contributed by atoms with Crippen LogP contribution in [0.15, 0.2) is 101 Å². The highest BCUT2D eigenvalue weighted by atomic mass is 15.3. The van der Waals surface area contributed by atoms with Crippen molar-refractivity contribution in [3.05, 3.63) is 125 Å². The average Bonchev–Trinajstić information content (AvgIpc) is 3.23. The first-order valence-corrected chi connectivity index (χ1v) is 11.8. The lowest BCUT2D eigenvalue weighted by molar-refractivity contribution is 0.956. The van der Waals surface area contributed by atoms with Gasteiger partial charge in [-0.15, -0.1) is 0 Å². The molecule has 5 aromatic rings. The molecule has 0 spiro atoms. The summed E-state index contributed by atoms with van der Waals surface area (Å²) in [6, 6.07) is 31.0. The van der Waals surface area contributed by atoms with Gasteiger partial charge in [0.1, 0.15) is 5.69 Å². The maximum Gasteiger partial charge on any atom is 0.161 e. The SMILES string of the molecule is Cc1cccc(C)c1N=Cc1nn(C(=Nc2c(C)cccc2C)c2ccccc2)c2ccccc12. The summed E-state index contributed by atoms with van der Waals surface area (Å²) in [6.07, 6.45) is 1.87. The predicted octanol–water partition coefficient (Wildman–Crippen LogP) is 7.65. The number of aryl methyl sites for hydroxylation is 4. The molecule has 0 saturated heterocycles. The molecular weight excluding hydrogens is 428 g/mol. The quantitative estimate of drug-likeness (QED) is 0.202. The van der Waals surface area contributed by atoms with Crippen molar-refractivity contribution < 1.29 is 0 Å². The average molecular weight is 457 g/mol. The number of para-hydroxylation sites is 3. The number of rotatable bonds is 4. The number of benzene rings is 4. The van der Waals surface area contributed by atoms with Crippen molar-refractivity contribution in [2.24, 2.45) is 9.98 Å². The lowest BCUT2D eigenvalue weighted by Gasteiger charge is -2.11. The number of aromatic nitrogens is 2. The Hall–Kier alpha value is -4.31. The van der Waals surface area contributed by atoms with E-state index in [0.717, 1.165) is 61.6 Å². The van der Waals surface area contributed by atoms with Gasteiger partial charge in [0.2, 0.25) is 0 Å². The van der Waals surface area contributed by atoms with Crippen LogP contribution in [0.2, 0.25) is 0 Å². The summed E-state index contributed by atoms with van der Waals surface area (Å²) in [7, 11) is 0. The van der Waals surface area contributed by atoms with Crippen LogP contribution in [0.4, 0.5) is 11.4 Å². The summed E-state index contributed by atoms with van der Waals surface area (Å²) in [5.74, 6) is 0.783. The first-order chi connectivity index (χ1) is 17.0. The Morgan fingerprint density at radius 2 is 1.23 bits per heavy atom. The number of fused-ring (bicyclic) bond motifs is 1. The molecule has 4 heteroatoms. The van der Waals surface area contributed by atoms with Gasteiger partial charge in [0.25, 0.3) is 0 Å². The van der Waals surface area contributed by atoms with Crippen molar-refractivity contribution in [3.8, 4) is 0 Å². The van der Waals surface area contributed by atoms with Crippen LogP contribution in [0.1, 0.15) is 33.5 Å². The molecule has 0 atom stereocenters. The van der Waals surface area contributed by atoms with E-state index in [1.165, 1.54) is 0 Å². The Bertz CT molecular complexity index is 1530. The van der Waals surface area contributed by atoms with Crippen LogP contribution in [-0.2, 0) is 0 Å². The van der Waals surface area contributed by atoms with Gasteiger partial charge in [0.05, 0.1) is 23.1 Å². The Morgan fingerprint density at radius 3 is 1.89 bits per heavy atom. The Kier molecular flexibility index (Phi) is 6.11. The number of nitrogens with zero attached hydrogens (tertiary/aromatic N) is 4. The zero-order valence-corrected chi connectivity index (χ0v) is 20.5. The molecule has 0 radical (unpaired) electrons. The molecular formula is C31H28N4. The van der Waals surface area contributed by atoms with Gasteiger partial charge >= 0.3 is 0 Å². The Balaban J connectivity index is 1.73. The molecule has 0 amide bonds. The maximum absolute atomic E-state index is 5.18. The van der Waals surface area contributed by atoms with Gasteiger partial charge in [0.15, 0.2) is 5.84 Å². The third kappa shape index (κ3) is 4.43. The fourth-order valence-corrected chi connectivity index (χ4v) is 4.39. The van der Waals surface area contributed by atoms with Gasteiger partial charge in [-0.1, -0.05) is 84.9 Å². The van der Waals surface area contributed by atoms with Crippen molar-refractivity contribution in [2.75, 3.05) is 0 Å². The van der Waals surface area contributed by atoms with Crippen molar-refractivity contribution >= 4 is 34.3 Å². The molecule has 1 aromatic heterocycles. The Labute approximate surface area is 206 Å². The van der Waals surface area contributed by atoms with Crippen LogP contribution in [-0.4, -0.2) is 21.8 Å². The molecule has 0 aliphatic heterocycles. The van der Waals surface area contributed by atoms with E-state index in [-0.39, 0.29) is 0 Å². The van der Waals surface area contributed by atoms with Crippen LogP contribution < -0.4 is 0 Å². The van der Waals surface area contributed by atoms with Gasteiger partial charge in [0, 0.05) is 10.9 Å². The molecule has 0 saturated carbocycles. The van der Waals surface area contributed by atoms with Gasteiger partial charge < -0.3 is 0 Å². The van der Waals surface area contributed by atoms with Crippen LogP contribution in [0, 0.1) is 27.7 Å². The van der Waals surface area contributed by atoms with Crippen LogP contribution >= 0.6 is 0 Å². The van der Waals surface area contributed by atoms with Gasteiger partial charge in [-0.25, -0.2) is 9.67 Å². The van der Waals surface area contributed by atoms with Gasteiger partial charge in [-0.2, -0.15) is 5.10 Å². The summed E-state index contributed by atoms with van der Waals surface area (Å²) >= 11 is 0. The molecule has 0 aliphatic carbocycles. The molecule has 0 aliphatic rings. The molecule has 5 rings (SSSR count). The van der Waals surface area contributed by atoms with Crippen LogP contribution in [0.5, 0.6) is 0 Å². The summed E-state index contributed by atoms with van der Waals surface area (Å²) in [5, 5.41) is 6.07. The first-order valence-electron chi connectivity index (χ1n) is 11.8. The maximum atomic E-state index is 5.18. The van der Waals surface area contributed by atoms with Crippen LogP contribution in [0.25, 0.3) is 10.9 Å². The molecule has 0 fully saturated rings. The zero-order chi connectivity index (χ0) is 24.4. The fraction of sp³-hybridized carbons (Fsp3) is 0.129. The summed E-state index contributed by atoms with van der Waals surface area (Å²) in [6.45, 7) is 8.36. The topological polar surface area (TPSA) is 42.5 Å². The number of hydrogen-bond acceptors (Lipinski definition) is 3. The number of hydrogen-bond donors (Lipinski definition) is 0. The largest absolute Gasteiger partial charge is 0.254 e. The van der Waals surface area contributed by atoms with E-state index >= 15 is 0 Å². The second-order valence-electron chi connectivity index (χ2n) is 8.85.